The second-order valence-corrected chi connectivity index (χ2v) is 6.47. The molecule has 2 aromatic rings. The van der Waals surface area contributed by atoms with Gasteiger partial charge in [0.1, 0.15) is 5.82 Å². The normalized spacial score (nSPS) is 12.9. The summed E-state index contributed by atoms with van der Waals surface area (Å²) in [5, 5.41) is 6.04. The molecule has 104 valence electrons. The molecule has 0 radical (unpaired) electrons. The zero-order valence-corrected chi connectivity index (χ0v) is 11.6. The van der Waals surface area contributed by atoms with Crippen molar-refractivity contribution < 1.29 is 12.8 Å². The number of hydrogen-bond acceptors (Lipinski definition) is 3. The summed E-state index contributed by atoms with van der Waals surface area (Å²) < 4.78 is 37.9. The molecule has 0 bridgehead atoms. The summed E-state index contributed by atoms with van der Waals surface area (Å²) in [4.78, 5) is 0.122. The number of halogens is 1. The minimum atomic E-state index is -3.75. The molecule has 20 heavy (non-hydrogen) atoms. The van der Waals surface area contributed by atoms with E-state index in [4.69, 9.17) is 5.41 Å². The predicted octanol–water partition coefficient (Wildman–Crippen LogP) is 3.18. The second kappa shape index (κ2) is 5.54. The first-order valence-electron chi connectivity index (χ1n) is 5.93. The molecule has 1 N–H and O–H groups in total. The Hall–Kier alpha value is -2.01. The van der Waals surface area contributed by atoms with Gasteiger partial charge in [0.2, 0.25) is 0 Å². The first-order chi connectivity index (χ1) is 9.45. The lowest BCUT2D eigenvalue weighted by molar-refractivity contribution is 0.592. The van der Waals surface area contributed by atoms with Gasteiger partial charge in [-0.05, 0) is 36.4 Å². The fourth-order valence-electron chi connectivity index (χ4n) is 1.84. The minimum Gasteiger partial charge on any atom is -0.517 e. The van der Waals surface area contributed by atoms with E-state index in [1.165, 1.54) is 36.4 Å². The summed E-state index contributed by atoms with van der Waals surface area (Å²) in [6.45, 7) is 1.86. The number of nitrogens with one attached hydrogen (secondary N) is 1. The quantitative estimate of drug-likeness (QED) is 0.694. The van der Waals surface area contributed by atoms with Crippen molar-refractivity contribution in [3.63, 3.8) is 0 Å². The van der Waals surface area contributed by atoms with Gasteiger partial charge in [-0.3, -0.25) is 0 Å². The molecule has 0 aliphatic carbocycles. The van der Waals surface area contributed by atoms with Crippen molar-refractivity contribution in [2.75, 3.05) is 0 Å². The molecule has 5 heteroatoms. The van der Waals surface area contributed by atoms with Crippen LogP contribution in [0.2, 0.25) is 0 Å². The predicted molar refractivity (Wildman–Crippen MR) is 75.2 cm³/mol. The van der Waals surface area contributed by atoms with Crippen molar-refractivity contribution >= 4 is 16.1 Å². The largest absolute Gasteiger partial charge is 0.517 e. The number of hydrogen-bond donors (Lipinski definition) is 1. The monoisotopic (exact) mass is 290 g/mol. The summed E-state index contributed by atoms with van der Waals surface area (Å²) >= 11 is 0. The van der Waals surface area contributed by atoms with Crippen LogP contribution in [-0.4, -0.2) is 14.6 Å². The maximum Gasteiger partial charge on any atom is 0.159 e. The molecule has 0 aliphatic heterocycles. The van der Waals surface area contributed by atoms with Crippen LogP contribution < -0.4 is 0 Å². The van der Waals surface area contributed by atoms with Crippen molar-refractivity contribution in [3.05, 3.63) is 65.5 Å². The Morgan fingerprint density at radius 3 is 2.10 bits per heavy atom. The number of aryl methyl sites for hydroxylation is 1. The Bertz CT molecular complexity index is 707. The lowest BCUT2D eigenvalue weighted by atomic mass is 10.1. The van der Waals surface area contributed by atoms with E-state index in [1.807, 2.05) is 13.1 Å². The molecule has 1 atom stereocenters. The molecule has 0 aromatic heterocycles. The van der Waals surface area contributed by atoms with Gasteiger partial charge in [-0.15, -0.1) is 0 Å². The average molecular weight is 290 g/mol. The van der Waals surface area contributed by atoms with Crippen LogP contribution in [0.3, 0.4) is 0 Å². The molecule has 0 saturated carbocycles. The minimum absolute atomic E-state index is 0.122. The van der Waals surface area contributed by atoms with Gasteiger partial charge in [0.15, 0.2) is 9.84 Å². The van der Waals surface area contributed by atoms with E-state index in [-0.39, 0.29) is 4.90 Å². The summed E-state index contributed by atoms with van der Waals surface area (Å²) in [5.41, 5.74) is 1.27. The molecule has 2 aromatic carbocycles. The Labute approximate surface area is 117 Å². The van der Waals surface area contributed by atoms with Gasteiger partial charge < -0.3 is 11.6 Å². The summed E-state index contributed by atoms with van der Waals surface area (Å²) in [5.74, 6) is -0.454. The van der Waals surface area contributed by atoms with Gasteiger partial charge in [-0.1, -0.05) is 35.4 Å². The smallest absolute Gasteiger partial charge is 0.159 e. The van der Waals surface area contributed by atoms with Gasteiger partial charge in [0, 0.05) is 0 Å². The van der Waals surface area contributed by atoms with E-state index in [0.717, 1.165) is 5.56 Å². The molecule has 0 amide bonds. The summed E-state index contributed by atoms with van der Waals surface area (Å²) in [6.07, 6.45) is 2.03. The summed E-state index contributed by atoms with van der Waals surface area (Å²) in [6, 6.07) is 11.4. The van der Waals surface area contributed by atoms with Gasteiger partial charge in [-0.25, -0.2) is 12.8 Å². The number of benzene rings is 2. The zero-order chi connectivity index (χ0) is 14.8. The van der Waals surface area contributed by atoms with Crippen LogP contribution in [0.1, 0.15) is 16.4 Å². The third-order valence-electron chi connectivity index (χ3n) is 2.96. The number of sulfone groups is 1. The van der Waals surface area contributed by atoms with E-state index in [2.05, 4.69) is 0 Å². The highest BCUT2D eigenvalue weighted by Gasteiger charge is 2.20. The highest BCUT2D eigenvalue weighted by molar-refractivity contribution is 7.92. The molecule has 0 spiro atoms. The number of rotatable bonds is 4. The first kappa shape index (κ1) is 14.4. The molecule has 0 aliphatic rings. The Kier molecular flexibility index (Phi) is 3.99. The molecule has 3 nitrogen and oxygen atoms in total. The lowest BCUT2D eigenvalue weighted by Crippen LogP contribution is -2.15. The molecule has 1 unspecified atom stereocenters. The topological polar surface area (TPSA) is 58.0 Å². The highest BCUT2D eigenvalue weighted by Crippen LogP contribution is 2.27. The second-order valence-electron chi connectivity index (χ2n) is 4.43. The van der Waals surface area contributed by atoms with Crippen LogP contribution >= 0.6 is 0 Å². The van der Waals surface area contributed by atoms with Crippen molar-refractivity contribution in [3.8, 4) is 0 Å². The Balaban J connectivity index is 2.47. The van der Waals surface area contributed by atoms with Crippen molar-refractivity contribution in [2.24, 2.45) is 0 Å². The summed E-state index contributed by atoms with van der Waals surface area (Å²) in [7, 11) is -3.75. The fraction of sp³-hybridized carbons (Fsp3) is 0.133. The van der Waals surface area contributed by atoms with Gasteiger partial charge in [-0.2, -0.15) is 0 Å². The Morgan fingerprint density at radius 2 is 1.60 bits per heavy atom. The first-order valence-corrected chi connectivity index (χ1v) is 7.48. The maximum absolute atomic E-state index is 12.9. The van der Waals surface area contributed by atoms with Crippen LogP contribution in [-0.2, 0) is 9.84 Å². The van der Waals surface area contributed by atoms with Crippen molar-refractivity contribution in [1.82, 2.24) is 0 Å². The van der Waals surface area contributed by atoms with Crippen LogP contribution in [0.15, 0.2) is 53.4 Å². The third kappa shape index (κ3) is 2.77. The third-order valence-corrected chi connectivity index (χ3v) is 4.90. The zero-order valence-electron chi connectivity index (χ0n) is 10.8. The molecule has 0 fully saturated rings. The molecular formula is C15H13FNO2S-. The SMILES string of the molecule is Cc1ccc(S(=O)(=O)C([C-]=N)c2ccc(F)cc2)cc1. The average Bonchev–Trinajstić information content (AvgIpc) is 2.42. The standard InChI is InChI=1S/C15H13FNO2S/c1-11-2-8-14(9-3-11)20(18,19)15(10-17)12-4-6-13(16)7-5-12/h2-9,15,17H,1H3/q-1. The van der Waals surface area contributed by atoms with Gasteiger partial charge in [0.25, 0.3) is 0 Å². The van der Waals surface area contributed by atoms with E-state index < -0.39 is 20.9 Å². The van der Waals surface area contributed by atoms with E-state index in [0.29, 0.717) is 5.56 Å². The van der Waals surface area contributed by atoms with Crippen LogP contribution in [0.25, 0.3) is 0 Å². The lowest BCUT2D eigenvalue weighted by Gasteiger charge is -2.22. The van der Waals surface area contributed by atoms with Crippen molar-refractivity contribution in [1.29, 1.82) is 5.41 Å². The van der Waals surface area contributed by atoms with Crippen LogP contribution in [0, 0.1) is 18.2 Å². The highest BCUT2D eigenvalue weighted by atomic mass is 32.2. The molecule has 2 rings (SSSR count). The van der Waals surface area contributed by atoms with Crippen LogP contribution in [0.4, 0.5) is 4.39 Å². The van der Waals surface area contributed by atoms with Gasteiger partial charge >= 0.3 is 0 Å². The van der Waals surface area contributed by atoms with Crippen LogP contribution in [0.5, 0.6) is 0 Å². The maximum atomic E-state index is 12.9. The van der Waals surface area contributed by atoms with E-state index in [9.17, 15) is 12.8 Å². The molecular weight excluding hydrogens is 277 g/mol. The molecule has 0 saturated heterocycles. The van der Waals surface area contributed by atoms with Crippen molar-refractivity contribution in [2.45, 2.75) is 17.1 Å². The van der Waals surface area contributed by atoms with Gasteiger partial charge in [0.05, 0.1) is 4.90 Å². The Morgan fingerprint density at radius 1 is 1.05 bits per heavy atom. The van der Waals surface area contributed by atoms with E-state index >= 15 is 0 Å². The van der Waals surface area contributed by atoms with E-state index in [1.54, 1.807) is 12.1 Å². The molecule has 0 heterocycles. The fourth-order valence-corrected chi connectivity index (χ4v) is 3.30.